The van der Waals surface area contributed by atoms with E-state index in [4.69, 9.17) is 4.74 Å². The summed E-state index contributed by atoms with van der Waals surface area (Å²) in [4.78, 5) is 28.0. The summed E-state index contributed by atoms with van der Waals surface area (Å²) in [5, 5.41) is 0. The molecule has 2 aromatic rings. The lowest BCUT2D eigenvalue weighted by molar-refractivity contribution is -0.139. The number of carbonyl (C=O) groups excluding carboxylic acids is 2. The van der Waals surface area contributed by atoms with Crippen molar-refractivity contribution in [1.29, 1.82) is 0 Å². The largest absolute Gasteiger partial charge is 0.497 e. The average molecular weight is 464 g/mol. The highest BCUT2D eigenvalue weighted by molar-refractivity contribution is 7.89. The predicted molar refractivity (Wildman–Crippen MR) is 116 cm³/mol. The number of benzene rings is 2. The molecule has 0 bridgehead atoms. The third kappa shape index (κ3) is 5.63. The monoisotopic (exact) mass is 463 g/mol. The maximum atomic E-state index is 13.8. The van der Waals surface area contributed by atoms with Crippen LogP contribution in [0.25, 0.3) is 0 Å². The topological polar surface area (TPSA) is 96.0 Å². The van der Waals surface area contributed by atoms with E-state index in [0.29, 0.717) is 18.8 Å². The lowest BCUT2D eigenvalue weighted by atomic mass is 10.1. The molecule has 1 aliphatic heterocycles. The van der Waals surface area contributed by atoms with Crippen molar-refractivity contribution in [2.75, 3.05) is 33.3 Å². The molecule has 0 saturated carbocycles. The molecule has 1 saturated heterocycles. The predicted octanol–water partition coefficient (Wildman–Crippen LogP) is 1.41. The van der Waals surface area contributed by atoms with E-state index in [1.54, 1.807) is 24.1 Å². The standard InChI is InChI=1S/C22H26FN3O5S/c1-16(24-32(29,30)20-9-4-3-8-19(20)23)22(28)26-12-10-25(11-13-26)21(27)15-17-6-5-7-18(14-17)31-2/h3-9,14,16,24H,10-13,15H2,1-2H3/t16-/m0/s1. The molecule has 1 aliphatic rings. The maximum absolute atomic E-state index is 13.8. The number of piperazine rings is 1. The number of ether oxygens (including phenoxy) is 1. The summed E-state index contributed by atoms with van der Waals surface area (Å²) in [6.45, 7) is 2.69. The van der Waals surface area contributed by atoms with Crippen molar-refractivity contribution < 1.29 is 27.1 Å². The van der Waals surface area contributed by atoms with E-state index in [2.05, 4.69) is 4.72 Å². The third-order valence-corrected chi connectivity index (χ3v) is 6.84. The Balaban J connectivity index is 1.54. The second-order valence-electron chi connectivity index (χ2n) is 7.51. The highest BCUT2D eigenvalue weighted by atomic mass is 32.2. The van der Waals surface area contributed by atoms with Gasteiger partial charge in [0.15, 0.2) is 0 Å². The van der Waals surface area contributed by atoms with Gasteiger partial charge in [-0.3, -0.25) is 9.59 Å². The molecule has 0 aromatic heterocycles. The number of sulfonamides is 1. The van der Waals surface area contributed by atoms with Gasteiger partial charge in [-0.2, -0.15) is 4.72 Å². The first-order chi connectivity index (χ1) is 15.2. The number of halogens is 1. The van der Waals surface area contributed by atoms with Crippen molar-refractivity contribution in [3.05, 3.63) is 59.9 Å². The number of amides is 2. The van der Waals surface area contributed by atoms with Gasteiger partial charge in [0.2, 0.25) is 21.8 Å². The minimum Gasteiger partial charge on any atom is -0.497 e. The van der Waals surface area contributed by atoms with Gasteiger partial charge in [-0.05, 0) is 36.8 Å². The number of rotatable bonds is 7. The molecule has 172 valence electrons. The molecule has 8 nitrogen and oxygen atoms in total. The first kappa shape index (κ1) is 23.7. The van der Waals surface area contributed by atoms with Crippen LogP contribution in [0.1, 0.15) is 12.5 Å². The zero-order valence-electron chi connectivity index (χ0n) is 18.0. The zero-order chi connectivity index (χ0) is 23.3. The molecule has 1 fully saturated rings. The number of nitrogens with zero attached hydrogens (tertiary/aromatic N) is 2. The van der Waals surface area contributed by atoms with Crippen molar-refractivity contribution in [2.45, 2.75) is 24.3 Å². The number of nitrogens with one attached hydrogen (secondary N) is 1. The van der Waals surface area contributed by atoms with Crippen LogP contribution in [0.2, 0.25) is 0 Å². The molecule has 0 radical (unpaired) electrons. The van der Waals surface area contributed by atoms with Gasteiger partial charge >= 0.3 is 0 Å². The fourth-order valence-electron chi connectivity index (χ4n) is 3.53. The first-order valence-corrected chi connectivity index (χ1v) is 11.7. The van der Waals surface area contributed by atoms with Crippen LogP contribution in [0.15, 0.2) is 53.4 Å². The SMILES string of the molecule is COc1cccc(CC(=O)N2CCN(C(=O)[C@H](C)NS(=O)(=O)c3ccccc3F)CC2)c1. The molecule has 1 N–H and O–H groups in total. The van der Waals surface area contributed by atoms with Crippen LogP contribution in [0.4, 0.5) is 4.39 Å². The Bertz CT molecular complexity index is 1080. The minimum atomic E-state index is -4.19. The van der Waals surface area contributed by atoms with Gasteiger partial charge in [-0.1, -0.05) is 24.3 Å². The fourth-order valence-corrected chi connectivity index (χ4v) is 4.80. The first-order valence-electron chi connectivity index (χ1n) is 10.2. The second-order valence-corrected chi connectivity index (χ2v) is 9.19. The quantitative estimate of drug-likeness (QED) is 0.670. The number of hydrogen-bond donors (Lipinski definition) is 1. The smallest absolute Gasteiger partial charge is 0.244 e. The number of carbonyl (C=O) groups is 2. The van der Waals surface area contributed by atoms with Gasteiger partial charge in [0, 0.05) is 26.2 Å². The van der Waals surface area contributed by atoms with Crippen molar-refractivity contribution >= 4 is 21.8 Å². The van der Waals surface area contributed by atoms with Crippen LogP contribution in [-0.4, -0.2) is 69.4 Å². The summed E-state index contributed by atoms with van der Waals surface area (Å²) in [7, 11) is -2.62. The number of hydrogen-bond acceptors (Lipinski definition) is 5. The molecule has 0 spiro atoms. The summed E-state index contributed by atoms with van der Waals surface area (Å²) in [5.41, 5.74) is 0.837. The van der Waals surface area contributed by atoms with Crippen LogP contribution in [0, 0.1) is 5.82 Å². The molecule has 2 amide bonds. The van der Waals surface area contributed by atoms with Crippen molar-refractivity contribution in [3.8, 4) is 5.75 Å². The Morgan fingerprint density at radius 1 is 1.06 bits per heavy atom. The lowest BCUT2D eigenvalue weighted by Crippen LogP contribution is -2.55. The molecule has 0 unspecified atom stereocenters. The van der Waals surface area contributed by atoms with Crippen molar-refractivity contribution in [2.24, 2.45) is 0 Å². The van der Waals surface area contributed by atoms with Gasteiger partial charge in [0.1, 0.15) is 16.5 Å². The van der Waals surface area contributed by atoms with E-state index in [1.807, 2.05) is 12.1 Å². The van der Waals surface area contributed by atoms with Gasteiger partial charge in [-0.25, -0.2) is 12.8 Å². The highest BCUT2D eigenvalue weighted by Gasteiger charge is 2.30. The van der Waals surface area contributed by atoms with Gasteiger partial charge in [0.05, 0.1) is 19.6 Å². The summed E-state index contributed by atoms with van der Waals surface area (Å²) in [5.74, 6) is -0.691. The van der Waals surface area contributed by atoms with Gasteiger partial charge in [-0.15, -0.1) is 0 Å². The van der Waals surface area contributed by atoms with Crippen molar-refractivity contribution in [1.82, 2.24) is 14.5 Å². The summed E-state index contributed by atoms with van der Waals surface area (Å²) < 4.78 is 46.1. The molecule has 2 aromatic carbocycles. The fraction of sp³-hybridized carbons (Fsp3) is 0.364. The Labute approximate surface area is 187 Å². The van der Waals surface area contributed by atoms with Crippen LogP contribution in [0.5, 0.6) is 5.75 Å². The molecule has 10 heteroatoms. The van der Waals surface area contributed by atoms with E-state index in [-0.39, 0.29) is 25.4 Å². The molecular weight excluding hydrogens is 437 g/mol. The molecule has 0 aliphatic carbocycles. The van der Waals surface area contributed by atoms with E-state index in [9.17, 15) is 22.4 Å². The van der Waals surface area contributed by atoms with Crippen LogP contribution in [-0.2, 0) is 26.0 Å². The summed E-state index contributed by atoms with van der Waals surface area (Å²) in [6.07, 6.45) is 0.226. The lowest BCUT2D eigenvalue weighted by Gasteiger charge is -2.36. The molecule has 1 heterocycles. The van der Waals surface area contributed by atoms with Gasteiger partial charge < -0.3 is 14.5 Å². The Hall–Kier alpha value is -2.98. The van der Waals surface area contributed by atoms with Crippen LogP contribution in [0.3, 0.4) is 0 Å². The zero-order valence-corrected chi connectivity index (χ0v) is 18.8. The molecular formula is C22H26FN3O5S. The average Bonchev–Trinajstić information content (AvgIpc) is 2.78. The summed E-state index contributed by atoms with van der Waals surface area (Å²) >= 11 is 0. The van der Waals surface area contributed by atoms with E-state index < -0.39 is 32.7 Å². The molecule has 1 atom stereocenters. The molecule has 32 heavy (non-hydrogen) atoms. The van der Waals surface area contributed by atoms with Crippen molar-refractivity contribution in [3.63, 3.8) is 0 Å². The van der Waals surface area contributed by atoms with E-state index in [1.165, 1.54) is 24.0 Å². The third-order valence-electron chi connectivity index (χ3n) is 5.26. The minimum absolute atomic E-state index is 0.0568. The Kier molecular flexibility index (Phi) is 7.47. The second kappa shape index (κ2) is 10.1. The van der Waals surface area contributed by atoms with Crippen LogP contribution >= 0.6 is 0 Å². The van der Waals surface area contributed by atoms with E-state index >= 15 is 0 Å². The van der Waals surface area contributed by atoms with Gasteiger partial charge in [0.25, 0.3) is 0 Å². The molecule has 3 rings (SSSR count). The maximum Gasteiger partial charge on any atom is 0.244 e. The Morgan fingerprint density at radius 2 is 1.72 bits per heavy atom. The normalized spacial score (nSPS) is 15.3. The van der Waals surface area contributed by atoms with Crippen LogP contribution < -0.4 is 9.46 Å². The number of methoxy groups -OCH3 is 1. The van der Waals surface area contributed by atoms with E-state index in [0.717, 1.165) is 17.7 Å². The Morgan fingerprint density at radius 3 is 2.38 bits per heavy atom. The summed E-state index contributed by atoms with van der Waals surface area (Å²) in [6, 6.07) is 11.2. The highest BCUT2D eigenvalue weighted by Crippen LogP contribution is 2.16.